The Labute approximate surface area is 157 Å². The molecule has 0 aliphatic heterocycles. The van der Waals surface area contributed by atoms with E-state index in [1.54, 1.807) is 5.54 Å². The molecular formula is C22H31ClN2. The molecule has 0 bridgehead atoms. The zero-order valence-electron chi connectivity index (χ0n) is 15.2. The second-order valence-electron chi connectivity index (χ2n) is 7.89. The van der Waals surface area contributed by atoms with Gasteiger partial charge in [0, 0.05) is 23.8 Å². The molecule has 0 saturated heterocycles. The molecule has 2 nitrogen and oxygen atoms in total. The molecule has 3 rings (SSSR count). The molecule has 25 heavy (non-hydrogen) atoms. The molecule has 136 valence electrons. The molecule has 0 amide bonds. The van der Waals surface area contributed by atoms with Crippen LogP contribution >= 0.6 is 11.6 Å². The molecule has 0 aromatic carbocycles. The summed E-state index contributed by atoms with van der Waals surface area (Å²) in [7, 11) is 0. The van der Waals surface area contributed by atoms with Crippen LogP contribution in [-0.2, 0) is 0 Å². The molecule has 2 aliphatic rings. The van der Waals surface area contributed by atoms with Gasteiger partial charge < -0.3 is 0 Å². The standard InChI is InChI=1S/C22H31ClN2/c1-2-3-4-17-5-9-19(10-6-17)21-15-24-22(25-16-21)20-11-7-18(8-12-20)13-14-23/h2,13-20H,1,3-12H2/b14-13+/t17-,18-,19-,20-. The summed E-state index contributed by atoms with van der Waals surface area (Å²) in [6.07, 6.45) is 20.9. The van der Waals surface area contributed by atoms with Gasteiger partial charge in [-0.05, 0) is 87.5 Å². The van der Waals surface area contributed by atoms with Gasteiger partial charge in [0.05, 0.1) is 0 Å². The van der Waals surface area contributed by atoms with Crippen LogP contribution in [0.15, 0.2) is 36.7 Å². The van der Waals surface area contributed by atoms with Gasteiger partial charge in [-0.1, -0.05) is 23.8 Å². The molecule has 0 N–H and O–H groups in total. The van der Waals surface area contributed by atoms with Crippen LogP contribution in [0.3, 0.4) is 0 Å². The summed E-state index contributed by atoms with van der Waals surface area (Å²) in [6, 6.07) is 0. The van der Waals surface area contributed by atoms with Crippen molar-refractivity contribution in [1.29, 1.82) is 0 Å². The number of nitrogens with zero attached hydrogens (tertiary/aromatic N) is 2. The third-order valence-electron chi connectivity index (χ3n) is 6.27. The van der Waals surface area contributed by atoms with Gasteiger partial charge in [-0.25, -0.2) is 9.97 Å². The molecule has 1 aromatic heterocycles. The summed E-state index contributed by atoms with van der Waals surface area (Å²) >= 11 is 5.70. The second kappa shape index (κ2) is 9.52. The van der Waals surface area contributed by atoms with E-state index in [9.17, 15) is 0 Å². The van der Waals surface area contributed by atoms with Crippen LogP contribution in [0.1, 0.15) is 87.4 Å². The Morgan fingerprint density at radius 3 is 2.20 bits per heavy atom. The lowest BCUT2D eigenvalue weighted by Crippen LogP contribution is -2.16. The molecule has 2 saturated carbocycles. The fourth-order valence-electron chi connectivity index (χ4n) is 4.58. The highest BCUT2D eigenvalue weighted by molar-refractivity contribution is 6.25. The number of halogens is 1. The van der Waals surface area contributed by atoms with Crippen LogP contribution < -0.4 is 0 Å². The van der Waals surface area contributed by atoms with E-state index in [4.69, 9.17) is 21.6 Å². The smallest absolute Gasteiger partial charge is 0.131 e. The minimum Gasteiger partial charge on any atom is -0.241 e. The first kappa shape index (κ1) is 18.6. The summed E-state index contributed by atoms with van der Waals surface area (Å²) < 4.78 is 0. The van der Waals surface area contributed by atoms with Crippen molar-refractivity contribution >= 4 is 11.6 Å². The topological polar surface area (TPSA) is 25.8 Å². The molecule has 0 atom stereocenters. The number of hydrogen-bond donors (Lipinski definition) is 0. The molecular weight excluding hydrogens is 328 g/mol. The third-order valence-corrected chi connectivity index (χ3v) is 6.42. The predicted octanol–water partition coefficient (Wildman–Crippen LogP) is 6.74. The Bertz CT molecular complexity index is 550. The van der Waals surface area contributed by atoms with Crippen LogP contribution in [0.25, 0.3) is 0 Å². The van der Waals surface area contributed by atoms with E-state index in [0.29, 0.717) is 17.8 Å². The van der Waals surface area contributed by atoms with Crippen LogP contribution in [-0.4, -0.2) is 9.97 Å². The molecule has 0 radical (unpaired) electrons. The maximum Gasteiger partial charge on any atom is 0.131 e. The first-order chi connectivity index (χ1) is 12.3. The van der Waals surface area contributed by atoms with Crippen molar-refractivity contribution in [2.45, 2.75) is 76.0 Å². The number of rotatable bonds is 6. The zero-order valence-corrected chi connectivity index (χ0v) is 16.0. The molecule has 2 aliphatic carbocycles. The van der Waals surface area contributed by atoms with Crippen molar-refractivity contribution in [2.75, 3.05) is 0 Å². The average Bonchev–Trinajstić information content (AvgIpc) is 2.68. The molecule has 3 heteroatoms. The fraction of sp³-hybridized carbons (Fsp3) is 0.636. The Morgan fingerprint density at radius 1 is 0.960 bits per heavy atom. The first-order valence-electron chi connectivity index (χ1n) is 9.99. The summed E-state index contributed by atoms with van der Waals surface area (Å²) in [5.41, 5.74) is 3.02. The molecule has 0 unspecified atom stereocenters. The van der Waals surface area contributed by atoms with Crippen molar-refractivity contribution in [3.8, 4) is 0 Å². The highest BCUT2D eigenvalue weighted by Crippen LogP contribution is 2.38. The third kappa shape index (κ3) is 5.17. The van der Waals surface area contributed by atoms with Crippen molar-refractivity contribution in [1.82, 2.24) is 9.97 Å². The Morgan fingerprint density at radius 2 is 1.60 bits per heavy atom. The van der Waals surface area contributed by atoms with Gasteiger partial charge in [0.15, 0.2) is 0 Å². The zero-order chi connectivity index (χ0) is 17.5. The maximum atomic E-state index is 5.70. The molecule has 1 aromatic rings. The lowest BCUT2D eigenvalue weighted by atomic mass is 9.78. The quantitative estimate of drug-likeness (QED) is 0.526. The molecule has 2 fully saturated rings. The Hall–Kier alpha value is -1.15. The Kier molecular flexibility index (Phi) is 7.10. The van der Waals surface area contributed by atoms with Crippen LogP contribution in [0.5, 0.6) is 0 Å². The first-order valence-corrected chi connectivity index (χ1v) is 10.4. The maximum absolute atomic E-state index is 5.70. The van der Waals surface area contributed by atoms with E-state index in [1.807, 2.05) is 0 Å². The van der Waals surface area contributed by atoms with Gasteiger partial charge in [-0.2, -0.15) is 0 Å². The summed E-state index contributed by atoms with van der Waals surface area (Å²) in [4.78, 5) is 9.50. The predicted molar refractivity (Wildman–Crippen MR) is 106 cm³/mol. The van der Waals surface area contributed by atoms with Crippen molar-refractivity contribution in [3.05, 3.63) is 48.0 Å². The van der Waals surface area contributed by atoms with E-state index < -0.39 is 0 Å². The van der Waals surface area contributed by atoms with Gasteiger partial charge in [0.1, 0.15) is 5.82 Å². The summed E-state index contributed by atoms with van der Waals surface area (Å²) in [5, 5.41) is 0. The van der Waals surface area contributed by atoms with Gasteiger partial charge in [-0.15, -0.1) is 6.58 Å². The Balaban J connectivity index is 1.50. The van der Waals surface area contributed by atoms with Crippen molar-refractivity contribution < 1.29 is 0 Å². The van der Waals surface area contributed by atoms with Gasteiger partial charge in [-0.3, -0.25) is 0 Å². The van der Waals surface area contributed by atoms with Crippen LogP contribution in [0, 0.1) is 11.8 Å². The normalized spacial score (nSPS) is 30.4. The minimum atomic E-state index is 0.531. The largest absolute Gasteiger partial charge is 0.241 e. The summed E-state index contributed by atoms with van der Waals surface area (Å²) in [6.45, 7) is 3.84. The van der Waals surface area contributed by atoms with Gasteiger partial charge in [0.2, 0.25) is 0 Å². The van der Waals surface area contributed by atoms with E-state index in [0.717, 1.165) is 18.2 Å². The van der Waals surface area contributed by atoms with Gasteiger partial charge >= 0.3 is 0 Å². The summed E-state index contributed by atoms with van der Waals surface area (Å²) in [5.74, 6) is 3.79. The number of aromatic nitrogens is 2. The second-order valence-corrected chi connectivity index (χ2v) is 8.14. The van der Waals surface area contributed by atoms with Crippen molar-refractivity contribution in [3.63, 3.8) is 0 Å². The minimum absolute atomic E-state index is 0.531. The van der Waals surface area contributed by atoms with Crippen molar-refractivity contribution in [2.24, 2.45) is 11.8 Å². The average molecular weight is 359 g/mol. The number of hydrogen-bond acceptors (Lipinski definition) is 2. The SMILES string of the molecule is C=CCC[C@H]1CC[C@H](c2cnc([C@H]3CC[C@H](/C=C/Cl)CC3)nc2)CC1. The lowest BCUT2D eigenvalue weighted by molar-refractivity contribution is 0.311. The highest BCUT2D eigenvalue weighted by atomic mass is 35.5. The highest BCUT2D eigenvalue weighted by Gasteiger charge is 2.25. The van der Waals surface area contributed by atoms with E-state index >= 15 is 0 Å². The van der Waals surface area contributed by atoms with E-state index in [1.165, 1.54) is 63.4 Å². The number of allylic oxidation sites excluding steroid dienone is 2. The lowest BCUT2D eigenvalue weighted by Gasteiger charge is -2.29. The fourth-order valence-corrected chi connectivity index (χ4v) is 4.79. The molecule has 1 heterocycles. The van der Waals surface area contributed by atoms with Gasteiger partial charge in [0.25, 0.3) is 0 Å². The monoisotopic (exact) mass is 358 g/mol. The van der Waals surface area contributed by atoms with E-state index in [2.05, 4.69) is 31.1 Å². The molecule has 0 spiro atoms. The van der Waals surface area contributed by atoms with Crippen LogP contribution in [0.4, 0.5) is 0 Å². The van der Waals surface area contributed by atoms with Crippen LogP contribution in [0.2, 0.25) is 0 Å². The van der Waals surface area contributed by atoms with E-state index in [-0.39, 0.29) is 0 Å².